The van der Waals surface area contributed by atoms with E-state index >= 15 is 0 Å². The van der Waals surface area contributed by atoms with Crippen LogP contribution in [0.15, 0.2) is 12.4 Å². The van der Waals surface area contributed by atoms with Gasteiger partial charge in [-0.1, -0.05) is 0 Å². The summed E-state index contributed by atoms with van der Waals surface area (Å²) in [6, 6.07) is 0. The van der Waals surface area contributed by atoms with E-state index in [0.29, 0.717) is 0 Å². The Morgan fingerprint density at radius 1 is 1.40 bits per heavy atom. The molecule has 0 bridgehead atoms. The molecular formula is C6H13ClN2Zn. The van der Waals surface area contributed by atoms with E-state index in [-0.39, 0.29) is 31.9 Å². The van der Waals surface area contributed by atoms with Gasteiger partial charge in [0.2, 0.25) is 0 Å². The zero-order valence-electron chi connectivity index (χ0n) is 6.58. The second kappa shape index (κ2) is 6.00. The van der Waals surface area contributed by atoms with Gasteiger partial charge in [0, 0.05) is 45.5 Å². The molecule has 1 rings (SSSR count). The molecule has 56 valence electrons. The van der Waals surface area contributed by atoms with E-state index in [1.54, 1.807) is 0 Å². The van der Waals surface area contributed by atoms with Crippen LogP contribution in [-0.2, 0) is 19.5 Å². The Balaban J connectivity index is 0. The fourth-order valence-corrected chi connectivity index (χ4v) is 0.794. The van der Waals surface area contributed by atoms with E-state index < -0.39 is 0 Å². The van der Waals surface area contributed by atoms with E-state index in [4.69, 9.17) is 0 Å². The molecular weight excluding hydrogens is 201 g/mol. The number of nitrogens with zero attached hydrogens (tertiary/aromatic N) is 2. The van der Waals surface area contributed by atoms with Crippen LogP contribution in [0.1, 0.15) is 6.92 Å². The third kappa shape index (κ3) is 3.43. The molecule has 0 aromatic heterocycles. The fourth-order valence-electron chi connectivity index (χ4n) is 0.794. The average molecular weight is 214 g/mol. The molecule has 1 heterocycles. The van der Waals surface area contributed by atoms with Crippen LogP contribution in [-0.4, -0.2) is 30.1 Å². The molecule has 0 aromatic rings. The molecule has 0 saturated carbocycles. The Hall–Kier alpha value is 0.253. The molecule has 2 nitrogen and oxygen atoms in total. The molecule has 0 fully saturated rings. The normalized spacial score (nSPS) is 14.6. The first-order valence-corrected chi connectivity index (χ1v) is 2.95. The van der Waals surface area contributed by atoms with Crippen LogP contribution in [0.5, 0.6) is 0 Å². The van der Waals surface area contributed by atoms with Gasteiger partial charge in [-0.3, -0.25) is 0 Å². The van der Waals surface area contributed by atoms with Crippen LogP contribution >= 0.6 is 12.4 Å². The van der Waals surface area contributed by atoms with Crippen molar-refractivity contribution in [1.29, 1.82) is 0 Å². The van der Waals surface area contributed by atoms with Crippen molar-refractivity contribution in [3.63, 3.8) is 0 Å². The minimum atomic E-state index is 0. The maximum atomic E-state index is 2.25. The van der Waals surface area contributed by atoms with Crippen LogP contribution in [0.25, 0.3) is 0 Å². The third-order valence-electron chi connectivity index (χ3n) is 1.34. The van der Waals surface area contributed by atoms with Gasteiger partial charge in [-0.05, 0) is 6.92 Å². The molecule has 0 N–H and O–H groups in total. The summed E-state index contributed by atoms with van der Waals surface area (Å²) >= 11 is 0. The summed E-state index contributed by atoms with van der Waals surface area (Å²) in [5, 5.41) is 0. The van der Waals surface area contributed by atoms with Crippen molar-refractivity contribution in [2.45, 2.75) is 6.92 Å². The molecule has 4 heteroatoms. The van der Waals surface area contributed by atoms with Gasteiger partial charge in [-0.15, -0.1) is 12.4 Å². The first-order valence-electron chi connectivity index (χ1n) is 2.95. The molecule has 1 aliphatic heterocycles. The van der Waals surface area contributed by atoms with Crippen LogP contribution in [0.3, 0.4) is 0 Å². The Morgan fingerprint density at radius 2 is 2.00 bits per heavy atom. The third-order valence-corrected chi connectivity index (χ3v) is 1.34. The Bertz CT molecular complexity index is 108. The first-order chi connectivity index (χ1) is 3.83. The quantitative estimate of drug-likeness (QED) is 0.603. The fraction of sp³-hybridized carbons (Fsp3) is 0.667. The van der Waals surface area contributed by atoms with E-state index in [1.807, 2.05) is 0 Å². The van der Waals surface area contributed by atoms with Gasteiger partial charge in [-0.2, -0.15) is 0 Å². The SMILES string of the molecule is CCN1C=CN(C)C1.Cl.[Zn]. The predicted octanol–water partition coefficient (Wildman–Crippen LogP) is 1.10. The number of hydrogen-bond acceptors (Lipinski definition) is 2. The van der Waals surface area contributed by atoms with Crippen molar-refractivity contribution in [3.05, 3.63) is 12.4 Å². The second-order valence-electron chi connectivity index (χ2n) is 2.10. The van der Waals surface area contributed by atoms with Gasteiger partial charge in [0.25, 0.3) is 0 Å². The summed E-state index contributed by atoms with van der Waals surface area (Å²) in [4.78, 5) is 4.41. The average Bonchev–Trinajstić information content (AvgIpc) is 2.14. The Labute approximate surface area is 81.4 Å². The van der Waals surface area contributed by atoms with Gasteiger partial charge in [0.15, 0.2) is 0 Å². The summed E-state index contributed by atoms with van der Waals surface area (Å²) in [7, 11) is 2.08. The standard InChI is InChI=1S/C6H12N2.ClH.Zn/c1-3-8-5-4-7(2)6-8;;/h4-5H,3,6H2,1-2H3;1H;. The van der Waals surface area contributed by atoms with Crippen LogP contribution in [0.4, 0.5) is 0 Å². The molecule has 0 unspecified atom stereocenters. The van der Waals surface area contributed by atoms with Crippen molar-refractivity contribution in [2.24, 2.45) is 0 Å². The zero-order valence-corrected chi connectivity index (χ0v) is 10.4. The first kappa shape index (κ1) is 12.9. The molecule has 0 amide bonds. The molecule has 0 spiro atoms. The van der Waals surface area contributed by atoms with Crippen LogP contribution in [0, 0.1) is 0 Å². The summed E-state index contributed by atoms with van der Waals surface area (Å²) in [5.41, 5.74) is 0. The molecule has 0 atom stereocenters. The van der Waals surface area contributed by atoms with E-state index in [0.717, 1.165) is 13.2 Å². The van der Waals surface area contributed by atoms with Gasteiger partial charge in [-0.25, -0.2) is 0 Å². The van der Waals surface area contributed by atoms with E-state index in [9.17, 15) is 0 Å². The molecule has 10 heavy (non-hydrogen) atoms. The number of halogens is 1. The summed E-state index contributed by atoms with van der Waals surface area (Å²) in [6.45, 7) is 4.32. The minimum absolute atomic E-state index is 0. The Morgan fingerprint density at radius 3 is 2.20 bits per heavy atom. The largest absolute Gasteiger partial charge is 0.362 e. The maximum Gasteiger partial charge on any atom is 0.0890 e. The molecule has 0 radical (unpaired) electrons. The van der Waals surface area contributed by atoms with Crippen molar-refractivity contribution >= 4 is 12.4 Å². The zero-order chi connectivity index (χ0) is 5.98. The van der Waals surface area contributed by atoms with Crippen molar-refractivity contribution in [3.8, 4) is 0 Å². The Kier molecular flexibility index (Phi) is 7.73. The van der Waals surface area contributed by atoms with Gasteiger partial charge >= 0.3 is 0 Å². The minimum Gasteiger partial charge on any atom is -0.362 e. The van der Waals surface area contributed by atoms with E-state index in [1.165, 1.54) is 0 Å². The predicted molar refractivity (Wildman–Crippen MR) is 41.4 cm³/mol. The van der Waals surface area contributed by atoms with Crippen molar-refractivity contribution < 1.29 is 19.5 Å². The summed E-state index contributed by atoms with van der Waals surface area (Å²) in [6.07, 6.45) is 4.20. The van der Waals surface area contributed by atoms with Crippen molar-refractivity contribution in [2.75, 3.05) is 20.3 Å². The molecule has 0 aliphatic carbocycles. The smallest absolute Gasteiger partial charge is 0.0890 e. The molecule has 0 saturated heterocycles. The van der Waals surface area contributed by atoms with Gasteiger partial charge in [0.1, 0.15) is 0 Å². The van der Waals surface area contributed by atoms with Gasteiger partial charge in [0.05, 0.1) is 6.67 Å². The molecule has 1 aliphatic rings. The topological polar surface area (TPSA) is 6.48 Å². The maximum absolute atomic E-state index is 2.25. The summed E-state index contributed by atoms with van der Waals surface area (Å²) < 4.78 is 0. The number of rotatable bonds is 1. The van der Waals surface area contributed by atoms with Crippen molar-refractivity contribution in [1.82, 2.24) is 9.80 Å². The monoisotopic (exact) mass is 212 g/mol. The second-order valence-corrected chi connectivity index (χ2v) is 2.10. The van der Waals surface area contributed by atoms with Crippen LogP contribution < -0.4 is 0 Å². The van der Waals surface area contributed by atoms with Gasteiger partial charge < -0.3 is 9.80 Å². The van der Waals surface area contributed by atoms with Crippen LogP contribution in [0.2, 0.25) is 0 Å². The molecule has 0 aromatic carbocycles. The summed E-state index contributed by atoms with van der Waals surface area (Å²) in [5.74, 6) is 0. The van der Waals surface area contributed by atoms with E-state index in [2.05, 4.69) is 36.2 Å². The number of hydrogen-bond donors (Lipinski definition) is 0.